The van der Waals surface area contributed by atoms with E-state index in [1.807, 2.05) is 30.7 Å². The van der Waals surface area contributed by atoms with Crippen LogP contribution in [0.3, 0.4) is 0 Å². The van der Waals surface area contributed by atoms with Crippen LogP contribution in [0.2, 0.25) is 5.02 Å². The van der Waals surface area contributed by atoms with Crippen molar-refractivity contribution in [3.63, 3.8) is 0 Å². The molecule has 4 nitrogen and oxygen atoms in total. The molecule has 2 aromatic rings. The molecule has 7 heteroatoms. The molecule has 2 heterocycles. The van der Waals surface area contributed by atoms with E-state index in [1.54, 1.807) is 6.07 Å². The summed E-state index contributed by atoms with van der Waals surface area (Å²) in [6.45, 7) is 9.25. The van der Waals surface area contributed by atoms with Gasteiger partial charge in [-0.2, -0.15) is 0 Å². The Morgan fingerprint density at radius 1 is 1.32 bits per heavy atom. The van der Waals surface area contributed by atoms with Crippen molar-refractivity contribution < 1.29 is 13.5 Å². The Kier molecular flexibility index (Phi) is 4.54. The molecule has 1 atom stereocenters. The zero-order valence-electron chi connectivity index (χ0n) is 15.9. The molecule has 2 aromatic carbocycles. The largest absolute Gasteiger partial charge is 0.489 e. The third kappa shape index (κ3) is 2.75. The normalized spacial score (nSPS) is 17.8. The van der Waals surface area contributed by atoms with Crippen molar-refractivity contribution in [3.8, 4) is 16.9 Å². The molecular formula is C21H20ClF2N3O. The average Bonchev–Trinajstić information content (AvgIpc) is 2.65. The smallest absolute Gasteiger partial charge is 0.153 e. The van der Waals surface area contributed by atoms with Gasteiger partial charge in [-0.1, -0.05) is 18.2 Å². The number of ether oxygens (including phenoxy) is 1. The summed E-state index contributed by atoms with van der Waals surface area (Å²) < 4.78 is 34.0. The number of benzene rings is 2. The van der Waals surface area contributed by atoms with Crippen LogP contribution in [0.5, 0.6) is 5.75 Å². The molecule has 0 radical (unpaired) electrons. The molecule has 0 aliphatic carbocycles. The molecular weight excluding hydrogens is 384 g/mol. The third-order valence-electron chi connectivity index (χ3n) is 5.15. The van der Waals surface area contributed by atoms with Gasteiger partial charge in [0.15, 0.2) is 5.75 Å². The lowest BCUT2D eigenvalue weighted by Gasteiger charge is -2.42. The minimum atomic E-state index is -0.693. The Labute approximate surface area is 167 Å². The van der Waals surface area contributed by atoms with Gasteiger partial charge in [-0.3, -0.25) is 0 Å². The second kappa shape index (κ2) is 6.78. The first kappa shape index (κ1) is 18.7. The second-order valence-corrected chi connectivity index (χ2v) is 7.39. The predicted molar refractivity (Wildman–Crippen MR) is 108 cm³/mol. The number of hydrogen-bond donors (Lipinski definition) is 0. The van der Waals surface area contributed by atoms with Crippen LogP contribution in [0.1, 0.15) is 19.4 Å². The average molecular weight is 404 g/mol. The summed E-state index contributed by atoms with van der Waals surface area (Å²) in [5.74, 6) is 0.441. The maximum Gasteiger partial charge on any atom is 0.153 e. The van der Waals surface area contributed by atoms with Crippen LogP contribution in [0.25, 0.3) is 11.1 Å². The predicted octanol–water partition coefficient (Wildman–Crippen LogP) is 5.06. The Morgan fingerprint density at radius 3 is 2.75 bits per heavy atom. The van der Waals surface area contributed by atoms with Crippen LogP contribution in [-0.2, 0) is 0 Å². The molecule has 2 aliphatic heterocycles. The van der Waals surface area contributed by atoms with Gasteiger partial charge in [-0.05, 0) is 32.0 Å². The van der Waals surface area contributed by atoms with Gasteiger partial charge in [0.2, 0.25) is 0 Å². The lowest BCUT2D eigenvalue weighted by atomic mass is 9.95. The standard InChI is InChI=1S/C21H20ClF2N3O/c1-5-26(4)21-15-9-16(22)18(14-7-6-13(23)8-17(14)24)20-19(15)27(12(3)25-21)11(2)10-28-20/h6-9,11H,3,5,10H2,1-2,4H3. The van der Waals surface area contributed by atoms with E-state index in [1.165, 1.54) is 12.1 Å². The molecule has 4 rings (SSSR count). The molecule has 0 saturated heterocycles. The van der Waals surface area contributed by atoms with E-state index in [0.717, 1.165) is 29.7 Å². The Hall–Kier alpha value is -2.60. The van der Waals surface area contributed by atoms with Crippen molar-refractivity contribution in [1.29, 1.82) is 0 Å². The number of rotatable bonds is 2. The topological polar surface area (TPSA) is 28.1 Å². The molecule has 0 spiro atoms. The Morgan fingerprint density at radius 2 is 2.07 bits per heavy atom. The summed E-state index contributed by atoms with van der Waals surface area (Å²) in [4.78, 5) is 8.66. The zero-order valence-corrected chi connectivity index (χ0v) is 16.6. The van der Waals surface area contributed by atoms with Gasteiger partial charge in [0.05, 0.1) is 16.8 Å². The van der Waals surface area contributed by atoms with Crippen LogP contribution >= 0.6 is 11.6 Å². The van der Waals surface area contributed by atoms with Gasteiger partial charge >= 0.3 is 0 Å². The first-order valence-electron chi connectivity index (χ1n) is 9.06. The molecule has 0 aromatic heterocycles. The molecule has 0 fully saturated rings. The van der Waals surface area contributed by atoms with E-state index >= 15 is 0 Å². The highest BCUT2D eigenvalue weighted by Gasteiger charge is 2.37. The molecule has 0 N–H and O–H groups in total. The summed E-state index contributed by atoms with van der Waals surface area (Å²) in [5.41, 5.74) is 2.16. The van der Waals surface area contributed by atoms with Crippen LogP contribution < -0.4 is 9.64 Å². The van der Waals surface area contributed by atoms with E-state index in [2.05, 4.69) is 11.6 Å². The monoisotopic (exact) mass is 403 g/mol. The zero-order chi connectivity index (χ0) is 20.2. The molecule has 0 amide bonds. The minimum absolute atomic E-state index is 0.00285. The Bertz CT molecular complexity index is 1020. The van der Waals surface area contributed by atoms with Gasteiger partial charge < -0.3 is 14.5 Å². The number of amidine groups is 1. The van der Waals surface area contributed by atoms with Crippen molar-refractivity contribution in [2.75, 3.05) is 25.1 Å². The van der Waals surface area contributed by atoms with Gasteiger partial charge in [-0.25, -0.2) is 13.8 Å². The fourth-order valence-electron chi connectivity index (χ4n) is 3.67. The van der Waals surface area contributed by atoms with E-state index in [-0.39, 0.29) is 11.6 Å². The van der Waals surface area contributed by atoms with Gasteiger partial charge in [0.25, 0.3) is 0 Å². The first-order chi connectivity index (χ1) is 13.3. The van der Waals surface area contributed by atoms with Gasteiger partial charge in [0.1, 0.15) is 29.9 Å². The first-order valence-corrected chi connectivity index (χ1v) is 9.44. The highest BCUT2D eigenvalue weighted by molar-refractivity contribution is 6.35. The summed E-state index contributed by atoms with van der Waals surface area (Å²) in [7, 11) is 1.93. The van der Waals surface area contributed by atoms with Crippen molar-refractivity contribution in [1.82, 2.24) is 4.90 Å². The number of halogens is 3. The van der Waals surface area contributed by atoms with Crippen molar-refractivity contribution >= 4 is 23.1 Å². The van der Waals surface area contributed by atoms with Crippen LogP contribution in [0.15, 0.2) is 41.7 Å². The van der Waals surface area contributed by atoms with Crippen molar-refractivity contribution in [2.45, 2.75) is 19.9 Å². The van der Waals surface area contributed by atoms with Crippen LogP contribution in [-0.4, -0.2) is 37.0 Å². The number of hydrogen-bond acceptors (Lipinski definition) is 4. The van der Waals surface area contributed by atoms with E-state index < -0.39 is 11.6 Å². The SMILES string of the molecule is C=C1N=C(N(C)CC)c2cc(Cl)c(-c3ccc(F)cc3F)c3c2N1C(C)CO3. The highest BCUT2D eigenvalue weighted by atomic mass is 35.5. The molecule has 0 saturated carbocycles. The van der Waals surface area contributed by atoms with Crippen LogP contribution in [0, 0.1) is 11.6 Å². The fourth-order valence-corrected chi connectivity index (χ4v) is 3.97. The maximum atomic E-state index is 14.6. The Balaban J connectivity index is 2.03. The van der Waals surface area contributed by atoms with Gasteiger partial charge in [-0.15, -0.1) is 0 Å². The second-order valence-electron chi connectivity index (χ2n) is 6.98. The summed E-state index contributed by atoms with van der Waals surface area (Å²) in [6.07, 6.45) is 0. The number of anilines is 1. The van der Waals surface area contributed by atoms with Crippen molar-refractivity contribution in [3.05, 3.63) is 58.9 Å². The van der Waals surface area contributed by atoms with Crippen LogP contribution in [0.4, 0.5) is 14.5 Å². The minimum Gasteiger partial charge on any atom is -0.489 e. The number of aliphatic imine (C=N–C) groups is 1. The lowest BCUT2D eigenvalue weighted by molar-refractivity contribution is 0.276. The molecule has 28 heavy (non-hydrogen) atoms. The molecule has 0 bridgehead atoms. The van der Waals surface area contributed by atoms with E-state index in [9.17, 15) is 8.78 Å². The summed E-state index contributed by atoms with van der Waals surface area (Å²) >= 11 is 6.59. The lowest BCUT2D eigenvalue weighted by Crippen LogP contribution is -2.44. The van der Waals surface area contributed by atoms with E-state index in [4.69, 9.17) is 16.3 Å². The molecule has 146 valence electrons. The summed E-state index contributed by atoms with van der Waals surface area (Å²) in [6, 6.07) is 5.21. The fraction of sp³-hybridized carbons (Fsp3) is 0.286. The van der Waals surface area contributed by atoms with E-state index in [0.29, 0.717) is 28.8 Å². The summed E-state index contributed by atoms with van der Waals surface area (Å²) in [5, 5.41) is 0.318. The molecule has 1 unspecified atom stereocenters. The molecule has 2 aliphatic rings. The number of nitrogens with zero attached hydrogens (tertiary/aromatic N) is 3. The van der Waals surface area contributed by atoms with Gasteiger partial charge in [0, 0.05) is 36.3 Å². The third-order valence-corrected chi connectivity index (χ3v) is 5.45. The quantitative estimate of drug-likeness (QED) is 0.702. The maximum absolute atomic E-state index is 14.6. The highest BCUT2D eigenvalue weighted by Crippen LogP contribution is 2.51. The van der Waals surface area contributed by atoms with Crippen molar-refractivity contribution in [2.24, 2.45) is 4.99 Å².